The van der Waals surface area contributed by atoms with E-state index in [1.807, 2.05) is 0 Å². The maximum Gasteiger partial charge on any atom is 0.257 e. The minimum Gasteiger partial charge on any atom is -0.507 e. The molecule has 2 rings (SSSR count). The van der Waals surface area contributed by atoms with Crippen molar-refractivity contribution in [3.8, 4) is 5.75 Å². The van der Waals surface area contributed by atoms with E-state index in [4.69, 9.17) is 5.73 Å². The zero-order chi connectivity index (χ0) is 13.1. The summed E-state index contributed by atoms with van der Waals surface area (Å²) in [5.74, 6) is 0.390. The Morgan fingerprint density at radius 1 is 1.56 bits per heavy atom. The fourth-order valence-electron chi connectivity index (χ4n) is 2.44. The summed E-state index contributed by atoms with van der Waals surface area (Å²) in [5.41, 5.74) is 6.80. The molecule has 1 aliphatic heterocycles. The van der Waals surface area contributed by atoms with Gasteiger partial charge < -0.3 is 15.7 Å². The number of nitrogens with zero attached hydrogens (tertiary/aromatic N) is 1. The first-order valence-corrected chi connectivity index (χ1v) is 6.41. The number of phenols is 1. The van der Waals surface area contributed by atoms with E-state index in [1.165, 1.54) is 0 Å². The van der Waals surface area contributed by atoms with E-state index >= 15 is 0 Å². The molecule has 18 heavy (non-hydrogen) atoms. The molecule has 1 aromatic carbocycles. The highest BCUT2D eigenvalue weighted by Crippen LogP contribution is 2.25. The molecule has 1 saturated heterocycles. The number of likely N-dealkylation sites (tertiary alicyclic amines) is 1. The third-order valence-corrected chi connectivity index (χ3v) is 3.61. The van der Waals surface area contributed by atoms with E-state index in [9.17, 15) is 9.90 Å². The van der Waals surface area contributed by atoms with Crippen molar-refractivity contribution in [2.45, 2.75) is 19.8 Å². The van der Waals surface area contributed by atoms with Crippen LogP contribution >= 0.6 is 0 Å². The van der Waals surface area contributed by atoms with E-state index in [2.05, 4.69) is 0 Å². The average molecular weight is 248 g/mol. The van der Waals surface area contributed by atoms with Crippen LogP contribution in [-0.2, 0) is 0 Å². The number of amides is 1. The highest BCUT2D eigenvalue weighted by atomic mass is 16.3. The van der Waals surface area contributed by atoms with Crippen molar-refractivity contribution >= 4 is 5.91 Å². The van der Waals surface area contributed by atoms with Crippen LogP contribution in [0.2, 0.25) is 0 Å². The third kappa shape index (κ3) is 2.48. The standard InChI is InChI=1S/C14H20N2O2/c1-10-4-2-6-12(13(10)17)14(18)16-7-3-5-11(8-15)9-16/h2,4,6,11,17H,3,5,7-9,15H2,1H3. The van der Waals surface area contributed by atoms with E-state index in [1.54, 1.807) is 30.0 Å². The lowest BCUT2D eigenvalue weighted by Gasteiger charge is -2.32. The molecule has 0 radical (unpaired) electrons. The number of benzene rings is 1. The maximum absolute atomic E-state index is 12.4. The molecular formula is C14H20N2O2. The van der Waals surface area contributed by atoms with Crippen LogP contribution in [0.15, 0.2) is 18.2 Å². The zero-order valence-electron chi connectivity index (χ0n) is 10.7. The number of hydrogen-bond donors (Lipinski definition) is 2. The van der Waals surface area contributed by atoms with Gasteiger partial charge in [-0.15, -0.1) is 0 Å². The summed E-state index contributed by atoms with van der Waals surface area (Å²) >= 11 is 0. The monoisotopic (exact) mass is 248 g/mol. The smallest absolute Gasteiger partial charge is 0.257 e. The van der Waals surface area contributed by atoms with Crippen molar-refractivity contribution in [2.75, 3.05) is 19.6 Å². The molecule has 1 aromatic rings. The molecule has 1 heterocycles. The molecule has 4 heteroatoms. The fraction of sp³-hybridized carbons (Fsp3) is 0.500. The second-order valence-electron chi connectivity index (χ2n) is 4.97. The minimum atomic E-state index is -0.0886. The van der Waals surface area contributed by atoms with Crippen molar-refractivity contribution in [3.63, 3.8) is 0 Å². The Kier molecular flexibility index (Phi) is 3.87. The number of rotatable bonds is 2. The van der Waals surface area contributed by atoms with Crippen LogP contribution in [0.4, 0.5) is 0 Å². The van der Waals surface area contributed by atoms with Crippen LogP contribution in [0, 0.1) is 12.8 Å². The van der Waals surface area contributed by atoms with E-state index < -0.39 is 0 Å². The number of carbonyl (C=O) groups is 1. The predicted octanol–water partition coefficient (Wildman–Crippen LogP) is 1.51. The number of aromatic hydroxyl groups is 1. The average Bonchev–Trinajstić information content (AvgIpc) is 2.41. The lowest BCUT2D eigenvalue weighted by atomic mass is 9.97. The molecule has 1 amide bonds. The van der Waals surface area contributed by atoms with Gasteiger partial charge in [-0.3, -0.25) is 4.79 Å². The van der Waals surface area contributed by atoms with Gasteiger partial charge in [-0.2, -0.15) is 0 Å². The largest absolute Gasteiger partial charge is 0.507 e. The number of aryl methyl sites for hydroxylation is 1. The van der Waals surface area contributed by atoms with Crippen LogP contribution in [0.1, 0.15) is 28.8 Å². The van der Waals surface area contributed by atoms with Crippen LogP contribution in [0.3, 0.4) is 0 Å². The van der Waals surface area contributed by atoms with Crippen molar-refractivity contribution < 1.29 is 9.90 Å². The maximum atomic E-state index is 12.4. The van der Waals surface area contributed by atoms with Gasteiger partial charge in [-0.05, 0) is 43.9 Å². The predicted molar refractivity (Wildman–Crippen MR) is 70.5 cm³/mol. The minimum absolute atomic E-state index is 0.0886. The number of phenolic OH excluding ortho intramolecular Hbond substituents is 1. The van der Waals surface area contributed by atoms with Crippen molar-refractivity contribution in [1.29, 1.82) is 0 Å². The summed E-state index contributed by atoms with van der Waals surface area (Å²) in [4.78, 5) is 14.2. The van der Waals surface area contributed by atoms with Crippen LogP contribution in [0.25, 0.3) is 0 Å². The SMILES string of the molecule is Cc1cccc(C(=O)N2CCCC(CN)C2)c1O. The van der Waals surface area contributed by atoms with Crippen molar-refractivity contribution in [2.24, 2.45) is 11.7 Å². The first-order valence-electron chi connectivity index (χ1n) is 6.41. The van der Waals surface area contributed by atoms with E-state index in [0.717, 1.165) is 24.9 Å². The second kappa shape index (κ2) is 5.40. The van der Waals surface area contributed by atoms with Gasteiger partial charge in [-0.1, -0.05) is 12.1 Å². The Hall–Kier alpha value is -1.55. The van der Waals surface area contributed by atoms with Gasteiger partial charge in [0, 0.05) is 13.1 Å². The Morgan fingerprint density at radius 3 is 3.06 bits per heavy atom. The van der Waals surface area contributed by atoms with Gasteiger partial charge in [0.1, 0.15) is 5.75 Å². The Balaban J connectivity index is 2.18. The fourth-order valence-corrected chi connectivity index (χ4v) is 2.44. The molecule has 98 valence electrons. The number of piperidine rings is 1. The quantitative estimate of drug-likeness (QED) is 0.833. The molecule has 0 spiro atoms. The molecule has 1 aliphatic rings. The summed E-state index contributed by atoms with van der Waals surface area (Å²) < 4.78 is 0. The summed E-state index contributed by atoms with van der Waals surface area (Å²) in [6.07, 6.45) is 2.07. The molecule has 1 fully saturated rings. The number of para-hydroxylation sites is 1. The second-order valence-corrected chi connectivity index (χ2v) is 4.97. The molecule has 4 nitrogen and oxygen atoms in total. The highest BCUT2D eigenvalue weighted by Gasteiger charge is 2.25. The van der Waals surface area contributed by atoms with Crippen LogP contribution < -0.4 is 5.73 Å². The van der Waals surface area contributed by atoms with Crippen molar-refractivity contribution in [3.05, 3.63) is 29.3 Å². The Morgan fingerprint density at radius 2 is 2.33 bits per heavy atom. The normalized spacial score (nSPS) is 19.9. The number of hydrogen-bond acceptors (Lipinski definition) is 3. The first-order chi connectivity index (χ1) is 8.63. The van der Waals surface area contributed by atoms with E-state index in [0.29, 0.717) is 24.6 Å². The lowest BCUT2D eigenvalue weighted by molar-refractivity contribution is 0.0675. The van der Waals surface area contributed by atoms with Gasteiger partial charge in [-0.25, -0.2) is 0 Å². The molecule has 1 unspecified atom stereocenters. The van der Waals surface area contributed by atoms with Gasteiger partial charge in [0.15, 0.2) is 0 Å². The lowest BCUT2D eigenvalue weighted by Crippen LogP contribution is -2.42. The Labute approximate surface area is 107 Å². The molecule has 0 aromatic heterocycles. The third-order valence-electron chi connectivity index (χ3n) is 3.61. The first kappa shape index (κ1) is 12.9. The summed E-state index contributed by atoms with van der Waals surface area (Å²) in [7, 11) is 0. The van der Waals surface area contributed by atoms with E-state index in [-0.39, 0.29) is 11.7 Å². The molecule has 0 bridgehead atoms. The summed E-state index contributed by atoms with van der Waals surface area (Å²) in [5, 5.41) is 9.95. The van der Waals surface area contributed by atoms with Gasteiger partial charge >= 0.3 is 0 Å². The highest BCUT2D eigenvalue weighted by molar-refractivity contribution is 5.97. The Bertz CT molecular complexity index is 445. The van der Waals surface area contributed by atoms with Gasteiger partial charge in [0.25, 0.3) is 5.91 Å². The topological polar surface area (TPSA) is 66.6 Å². The van der Waals surface area contributed by atoms with Gasteiger partial charge in [0.05, 0.1) is 5.56 Å². The molecule has 1 atom stereocenters. The van der Waals surface area contributed by atoms with Gasteiger partial charge in [0.2, 0.25) is 0 Å². The molecule has 0 saturated carbocycles. The van der Waals surface area contributed by atoms with Crippen LogP contribution in [-0.4, -0.2) is 35.5 Å². The summed E-state index contributed by atoms with van der Waals surface area (Å²) in [6.45, 7) is 3.86. The molecular weight excluding hydrogens is 228 g/mol. The zero-order valence-corrected chi connectivity index (χ0v) is 10.7. The van der Waals surface area contributed by atoms with Crippen LogP contribution in [0.5, 0.6) is 5.75 Å². The molecule has 3 N–H and O–H groups in total. The number of nitrogens with two attached hydrogens (primary N) is 1. The number of carbonyl (C=O) groups excluding carboxylic acids is 1. The van der Waals surface area contributed by atoms with Crippen molar-refractivity contribution in [1.82, 2.24) is 4.90 Å². The molecule has 0 aliphatic carbocycles. The summed E-state index contributed by atoms with van der Waals surface area (Å²) in [6, 6.07) is 5.27.